The zero-order valence-corrected chi connectivity index (χ0v) is 18.5. The van der Waals surface area contributed by atoms with Gasteiger partial charge in [-0.3, -0.25) is 9.59 Å². The van der Waals surface area contributed by atoms with E-state index in [1.54, 1.807) is 4.90 Å². The topological polar surface area (TPSA) is 87.3 Å². The lowest BCUT2D eigenvalue weighted by atomic mass is 9.88. The number of anilines is 2. The number of terminal acetylenes is 1. The number of ether oxygens (including phenoxy) is 1. The Morgan fingerprint density at radius 2 is 2.12 bits per heavy atom. The summed E-state index contributed by atoms with van der Waals surface area (Å²) in [6, 6.07) is 11.2. The minimum atomic E-state index is -0.505. The third-order valence-corrected chi connectivity index (χ3v) is 5.65. The lowest BCUT2D eigenvalue weighted by molar-refractivity contribution is -0.125. The van der Waals surface area contributed by atoms with Gasteiger partial charge in [0, 0.05) is 35.3 Å². The summed E-state index contributed by atoms with van der Waals surface area (Å²) in [5.41, 5.74) is 4.39. The number of morpholine rings is 1. The third-order valence-electron chi connectivity index (χ3n) is 5.65. The van der Waals surface area contributed by atoms with Gasteiger partial charge in [0.2, 0.25) is 5.91 Å². The number of rotatable bonds is 5. The van der Waals surface area contributed by atoms with Crippen LogP contribution in [0.4, 0.5) is 11.4 Å². The largest absolute Gasteiger partial charge is 0.370 e. The van der Waals surface area contributed by atoms with E-state index in [-0.39, 0.29) is 24.8 Å². The van der Waals surface area contributed by atoms with Crippen molar-refractivity contribution < 1.29 is 14.3 Å². The lowest BCUT2D eigenvalue weighted by Gasteiger charge is -2.28. The summed E-state index contributed by atoms with van der Waals surface area (Å²) in [6.45, 7) is 7.02. The molecule has 0 atom stereocenters. The molecular formula is C25H26N4O3. The van der Waals surface area contributed by atoms with Crippen molar-refractivity contribution in [2.45, 2.75) is 32.6 Å². The Bertz CT molecular complexity index is 1240. The number of hydrogen-bond donors (Lipinski definition) is 2. The molecule has 2 aromatic carbocycles. The summed E-state index contributed by atoms with van der Waals surface area (Å²) < 4.78 is 5.20. The van der Waals surface area contributed by atoms with Crippen LogP contribution in [0.3, 0.4) is 0 Å². The fraction of sp³-hybridized carbons (Fsp3) is 0.320. The zero-order valence-electron chi connectivity index (χ0n) is 18.5. The van der Waals surface area contributed by atoms with Crippen LogP contribution in [0.2, 0.25) is 0 Å². The molecule has 0 radical (unpaired) electrons. The maximum atomic E-state index is 12.8. The van der Waals surface area contributed by atoms with Crippen LogP contribution in [0.25, 0.3) is 11.0 Å². The van der Waals surface area contributed by atoms with Crippen molar-refractivity contribution in [1.82, 2.24) is 9.97 Å². The zero-order chi connectivity index (χ0) is 22.9. The van der Waals surface area contributed by atoms with Gasteiger partial charge in [0.15, 0.2) is 0 Å². The van der Waals surface area contributed by atoms with Crippen molar-refractivity contribution in [2.24, 2.45) is 0 Å². The minimum Gasteiger partial charge on any atom is -0.370 e. The van der Waals surface area contributed by atoms with Crippen LogP contribution in [0, 0.1) is 19.3 Å². The number of aromatic amines is 1. The molecule has 0 spiro atoms. The fourth-order valence-corrected chi connectivity index (χ4v) is 3.92. The van der Waals surface area contributed by atoms with Crippen LogP contribution < -0.4 is 10.2 Å². The summed E-state index contributed by atoms with van der Waals surface area (Å²) in [5, 5.41) is 2.97. The number of fused-ring (bicyclic) bond motifs is 1. The molecular weight excluding hydrogens is 404 g/mol. The van der Waals surface area contributed by atoms with Gasteiger partial charge in [0.05, 0.1) is 17.6 Å². The Morgan fingerprint density at radius 3 is 2.84 bits per heavy atom. The van der Waals surface area contributed by atoms with Crippen LogP contribution in [0.15, 0.2) is 36.4 Å². The summed E-state index contributed by atoms with van der Waals surface area (Å²) in [7, 11) is 0. The van der Waals surface area contributed by atoms with Crippen LogP contribution in [0.1, 0.15) is 37.2 Å². The normalized spacial score (nSPS) is 14.4. The molecule has 2 amide bonds. The number of amides is 2. The van der Waals surface area contributed by atoms with Crippen molar-refractivity contribution in [2.75, 3.05) is 30.0 Å². The molecule has 0 bridgehead atoms. The van der Waals surface area contributed by atoms with Crippen molar-refractivity contribution in [3.05, 3.63) is 53.3 Å². The quantitative estimate of drug-likeness (QED) is 0.607. The number of carbonyl (C=O) groups is 2. The smallest absolute Gasteiger partial charge is 0.253 e. The van der Waals surface area contributed by atoms with E-state index in [2.05, 4.69) is 21.2 Å². The van der Waals surface area contributed by atoms with Gasteiger partial charge in [-0.15, -0.1) is 6.42 Å². The monoisotopic (exact) mass is 430 g/mol. The predicted octanol–water partition coefficient (Wildman–Crippen LogP) is 3.52. The SMILES string of the molecule is C#Cc1ccc2nc(C(C)(C)CC(=O)Nc3ccc(N4CCOCC4=O)c(C)c3)[nH]c2c1. The average Bonchev–Trinajstić information content (AvgIpc) is 3.18. The Hall–Kier alpha value is -3.63. The van der Waals surface area contributed by atoms with Gasteiger partial charge < -0.3 is 19.9 Å². The summed E-state index contributed by atoms with van der Waals surface area (Å²) in [4.78, 5) is 34.6. The first-order chi connectivity index (χ1) is 15.3. The number of aromatic nitrogens is 2. The van der Waals surface area contributed by atoms with Crippen LogP contribution in [-0.2, 0) is 19.7 Å². The Kier molecular flexibility index (Phi) is 5.72. The molecule has 0 unspecified atom stereocenters. The van der Waals surface area contributed by atoms with E-state index in [0.717, 1.165) is 33.7 Å². The second kappa shape index (κ2) is 8.48. The highest BCUT2D eigenvalue weighted by atomic mass is 16.5. The molecule has 1 aliphatic heterocycles. The van der Waals surface area contributed by atoms with Gasteiger partial charge in [0.25, 0.3) is 5.91 Å². The third kappa shape index (κ3) is 4.36. The minimum absolute atomic E-state index is 0.0573. The van der Waals surface area contributed by atoms with Gasteiger partial charge in [-0.05, 0) is 48.9 Å². The van der Waals surface area contributed by atoms with Crippen molar-refractivity contribution in [1.29, 1.82) is 0 Å². The second-order valence-electron chi connectivity index (χ2n) is 8.67. The number of nitrogens with zero attached hydrogens (tertiary/aromatic N) is 2. The van der Waals surface area contributed by atoms with E-state index in [9.17, 15) is 9.59 Å². The number of imidazole rings is 1. The van der Waals surface area contributed by atoms with Gasteiger partial charge >= 0.3 is 0 Å². The molecule has 32 heavy (non-hydrogen) atoms. The number of benzene rings is 2. The molecule has 1 aromatic heterocycles. The first-order valence-corrected chi connectivity index (χ1v) is 10.5. The van der Waals surface area contributed by atoms with Gasteiger partial charge in [-0.2, -0.15) is 0 Å². The van der Waals surface area contributed by atoms with Gasteiger partial charge in [-0.25, -0.2) is 4.98 Å². The van der Waals surface area contributed by atoms with Gasteiger partial charge in [0.1, 0.15) is 12.4 Å². The molecule has 7 heteroatoms. The van der Waals surface area contributed by atoms with E-state index >= 15 is 0 Å². The molecule has 0 saturated carbocycles. The molecule has 0 aliphatic carbocycles. The number of hydrogen-bond acceptors (Lipinski definition) is 4. The highest BCUT2D eigenvalue weighted by Crippen LogP contribution is 2.29. The number of H-pyrrole nitrogens is 1. The Morgan fingerprint density at radius 1 is 1.31 bits per heavy atom. The molecule has 1 saturated heterocycles. The van der Waals surface area contributed by atoms with E-state index in [0.29, 0.717) is 18.8 Å². The average molecular weight is 431 g/mol. The molecule has 2 N–H and O–H groups in total. The van der Waals surface area contributed by atoms with Crippen molar-refractivity contribution >= 4 is 34.2 Å². The molecule has 7 nitrogen and oxygen atoms in total. The van der Waals surface area contributed by atoms with Crippen LogP contribution in [0.5, 0.6) is 0 Å². The molecule has 4 rings (SSSR count). The van der Waals surface area contributed by atoms with Crippen LogP contribution in [-0.4, -0.2) is 41.5 Å². The maximum absolute atomic E-state index is 12.8. The Labute approximate surface area is 187 Å². The number of aryl methyl sites for hydroxylation is 1. The van der Waals surface area contributed by atoms with E-state index in [1.807, 2.05) is 57.2 Å². The lowest BCUT2D eigenvalue weighted by Crippen LogP contribution is -2.42. The predicted molar refractivity (Wildman–Crippen MR) is 125 cm³/mol. The summed E-state index contributed by atoms with van der Waals surface area (Å²) in [6.07, 6.45) is 5.73. The Balaban J connectivity index is 1.46. The van der Waals surface area contributed by atoms with Gasteiger partial charge in [-0.1, -0.05) is 19.8 Å². The van der Waals surface area contributed by atoms with Crippen molar-refractivity contribution in [3.63, 3.8) is 0 Å². The number of carbonyl (C=O) groups excluding carboxylic acids is 2. The summed E-state index contributed by atoms with van der Waals surface area (Å²) >= 11 is 0. The highest BCUT2D eigenvalue weighted by Gasteiger charge is 2.28. The molecule has 1 fully saturated rings. The maximum Gasteiger partial charge on any atom is 0.253 e. The molecule has 2 heterocycles. The second-order valence-corrected chi connectivity index (χ2v) is 8.67. The van der Waals surface area contributed by atoms with Crippen LogP contribution >= 0.6 is 0 Å². The fourth-order valence-electron chi connectivity index (χ4n) is 3.92. The van der Waals surface area contributed by atoms with E-state index < -0.39 is 5.41 Å². The first kappa shape index (κ1) is 21.6. The highest BCUT2D eigenvalue weighted by molar-refractivity contribution is 5.96. The van der Waals surface area contributed by atoms with E-state index in [1.165, 1.54) is 0 Å². The van der Waals surface area contributed by atoms with Crippen molar-refractivity contribution in [3.8, 4) is 12.3 Å². The molecule has 3 aromatic rings. The number of nitrogens with one attached hydrogen (secondary N) is 2. The standard InChI is InChI=1S/C25H26N4O3/c1-5-17-6-8-19-20(13-17)28-24(27-19)25(3,4)14-22(30)26-18-7-9-21(16(2)12-18)29-10-11-32-15-23(29)31/h1,6-9,12-13H,10-11,14-15H2,2-4H3,(H,26,30)(H,27,28). The van der Waals surface area contributed by atoms with E-state index in [4.69, 9.17) is 11.2 Å². The first-order valence-electron chi connectivity index (χ1n) is 10.5. The summed E-state index contributed by atoms with van der Waals surface area (Å²) in [5.74, 6) is 3.18. The molecule has 1 aliphatic rings. The molecule has 164 valence electrons.